The fourth-order valence-electron chi connectivity index (χ4n) is 2.34. The molecule has 0 aliphatic rings. The lowest BCUT2D eigenvalue weighted by Crippen LogP contribution is -2.37. The Morgan fingerprint density at radius 3 is 2.68 bits per heavy atom. The summed E-state index contributed by atoms with van der Waals surface area (Å²) in [7, 11) is 1.45. The molecule has 2 rings (SSSR count). The van der Waals surface area contributed by atoms with Crippen molar-refractivity contribution in [3.05, 3.63) is 42.0 Å². The van der Waals surface area contributed by atoms with Crippen LogP contribution in [0.5, 0.6) is 11.5 Å². The summed E-state index contributed by atoms with van der Waals surface area (Å²) in [6, 6.07) is 4.41. The van der Waals surface area contributed by atoms with E-state index in [9.17, 15) is 17.6 Å². The molecule has 0 spiro atoms. The van der Waals surface area contributed by atoms with Gasteiger partial charge in [-0.3, -0.25) is 4.57 Å². The van der Waals surface area contributed by atoms with Gasteiger partial charge in [0.1, 0.15) is 17.3 Å². The molecule has 0 aliphatic heterocycles. The Labute approximate surface area is 159 Å². The first kappa shape index (κ1) is 21.3. The van der Waals surface area contributed by atoms with Crippen LogP contribution in [-0.2, 0) is 13.1 Å². The molecule has 1 aromatic heterocycles. The third kappa shape index (κ3) is 6.03. The molecule has 11 heteroatoms. The molecule has 0 bridgehead atoms. The maximum absolute atomic E-state index is 12.9. The Morgan fingerprint density at radius 1 is 1.25 bits per heavy atom. The van der Waals surface area contributed by atoms with Crippen LogP contribution in [-0.4, -0.2) is 35.8 Å². The Morgan fingerprint density at radius 2 is 2.04 bits per heavy atom. The van der Waals surface area contributed by atoms with Crippen molar-refractivity contribution < 1.29 is 27.0 Å². The number of halogens is 4. The van der Waals surface area contributed by atoms with Crippen LogP contribution in [0.25, 0.3) is 0 Å². The number of aromatic nitrogens is 2. The Balaban J connectivity index is 2.14. The second-order valence-electron chi connectivity index (χ2n) is 5.43. The predicted molar refractivity (Wildman–Crippen MR) is 94.8 cm³/mol. The number of rotatable bonds is 9. The predicted octanol–water partition coefficient (Wildman–Crippen LogP) is 3.14. The largest absolute Gasteiger partial charge is 0.497 e. The lowest BCUT2D eigenvalue weighted by molar-refractivity contribution is -0.0504. The van der Waals surface area contributed by atoms with E-state index < -0.39 is 13.2 Å². The minimum absolute atomic E-state index is 0.00166. The molecule has 0 atom stereocenters. The van der Waals surface area contributed by atoms with Crippen LogP contribution in [0.1, 0.15) is 24.9 Å². The summed E-state index contributed by atoms with van der Waals surface area (Å²) in [5.74, 6) is 0.869. The summed E-state index contributed by atoms with van der Waals surface area (Å²) in [6.45, 7) is -3.35. The van der Waals surface area contributed by atoms with E-state index in [4.69, 9.17) is 4.74 Å². The monoisotopic (exact) mass is 403 g/mol. The van der Waals surface area contributed by atoms with E-state index in [1.54, 1.807) is 0 Å². The number of hydrogen-bond acceptors (Lipinski definition) is 4. The smallest absolute Gasteiger partial charge is 0.387 e. The molecule has 7 nitrogen and oxygen atoms in total. The summed E-state index contributed by atoms with van der Waals surface area (Å²) < 4.78 is 61.3. The number of guanidine groups is 1. The molecule has 2 N–H and O–H groups in total. The van der Waals surface area contributed by atoms with Gasteiger partial charge in [-0.15, -0.1) is 0 Å². The van der Waals surface area contributed by atoms with Crippen molar-refractivity contribution in [1.29, 1.82) is 0 Å². The molecule has 154 valence electrons. The number of imidazole rings is 1. The van der Waals surface area contributed by atoms with Crippen molar-refractivity contribution in [2.75, 3.05) is 13.7 Å². The lowest BCUT2D eigenvalue weighted by Gasteiger charge is -2.14. The Hall–Kier alpha value is -2.98. The van der Waals surface area contributed by atoms with Crippen molar-refractivity contribution in [2.45, 2.75) is 33.2 Å². The number of aliphatic imine (C=N–C) groups is 1. The van der Waals surface area contributed by atoms with Crippen LogP contribution >= 0.6 is 0 Å². The molecular formula is C17H21F4N5O2. The number of methoxy groups -OCH3 is 1. The number of ether oxygens (including phenoxy) is 2. The van der Waals surface area contributed by atoms with Gasteiger partial charge in [-0.2, -0.15) is 17.6 Å². The Kier molecular flexibility index (Phi) is 7.90. The Bertz CT molecular complexity index is 783. The number of hydrogen-bond donors (Lipinski definition) is 2. The summed E-state index contributed by atoms with van der Waals surface area (Å²) in [4.78, 5) is 8.17. The van der Waals surface area contributed by atoms with Crippen LogP contribution in [0.3, 0.4) is 0 Å². The van der Waals surface area contributed by atoms with E-state index >= 15 is 0 Å². The van der Waals surface area contributed by atoms with Gasteiger partial charge in [-0.25, -0.2) is 9.98 Å². The van der Waals surface area contributed by atoms with E-state index in [0.29, 0.717) is 23.8 Å². The van der Waals surface area contributed by atoms with E-state index in [-0.39, 0.29) is 24.7 Å². The molecule has 1 aromatic carbocycles. The maximum atomic E-state index is 12.9. The van der Waals surface area contributed by atoms with Gasteiger partial charge in [0.25, 0.3) is 0 Å². The summed E-state index contributed by atoms with van der Waals surface area (Å²) in [6.07, 6.45) is 2.45. The van der Waals surface area contributed by atoms with Gasteiger partial charge in [-0.05, 0) is 25.1 Å². The summed E-state index contributed by atoms with van der Waals surface area (Å²) in [5.41, 5.74) is 0.380. The third-order valence-electron chi connectivity index (χ3n) is 3.61. The zero-order valence-corrected chi connectivity index (χ0v) is 15.3. The quantitative estimate of drug-likeness (QED) is 0.382. The number of benzene rings is 1. The first-order valence-electron chi connectivity index (χ1n) is 8.38. The summed E-state index contributed by atoms with van der Waals surface area (Å²) in [5, 5.41) is 5.83. The van der Waals surface area contributed by atoms with Crippen LogP contribution < -0.4 is 20.1 Å². The molecule has 0 radical (unpaired) electrons. The highest BCUT2D eigenvalue weighted by Crippen LogP contribution is 2.26. The molecular weight excluding hydrogens is 382 g/mol. The van der Waals surface area contributed by atoms with Crippen LogP contribution in [0.2, 0.25) is 0 Å². The highest BCUT2D eigenvalue weighted by atomic mass is 19.3. The minimum Gasteiger partial charge on any atom is -0.497 e. The van der Waals surface area contributed by atoms with Gasteiger partial charge < -0.3 is 20.1 Å². The molecule has 0 unspecified atom stereocenters. The first-order valence-corrected chi connectivity index (χ1v) is 8.38. The number of nitrogens with zero attached hydrogens (tertiary/aromatic N) is 3. The van der Waals surface area contributed by atoms with E-state index in [1.165, 1.54) is 37.7 Å². The molecule has 2 aromatic rings. The van der Waals surface area contributed by atoms with Gasteiger partial charge in [0.15, 0.2) is 5.96 Å². The van der Waals surface area contributed by atoms with Crippen molar-refractivity contribution in [3.63, 3.8) is 0 Å². The van der Waals surface area contributed by atoms with Crippen molar-refractivity contribution >= 4 is 5.96 Å². The normalized spacial score (nSPS) is 11.8. The molecule has 0 aliphatic carbocycles. The fraction of sp³-hybridized carbons (Fsp3) is 0.412. The van der Waals surface area contributed by atoms with Crippen LogP contribution in [0.4, 0.5) is 17.6 Å². The minimum atomic E-state index is -2.98. The highest BCUT2D eigenvalue weighted by Gasteiger charge is 2.13. The zero-order chi connectivity index (χ0) is 20.5. The molecule has 0 saturated carbocycles. The second kappa shape index (κ2) is 10.4. The molecule has 1 heterocycles. The van der Waals surface area contributed by atoms with Crippen LogP contribution in [0, 0.1) is 0 Å². The first-order chi connectivity index (χ1) is 13.4. The highest BCUT2D eigenvalue weighted by molar-refractivity contribution is 5.79. The van der Waals surface area contributed by atoms with Crippen molar-refractivity contribution in [3.8, 4) is 11.5 Å². The second-order valence-corrected chi connectivity index (χ2v) is 5.43. The van der Waals surface area contributed by atoms with Gasteiger partial charge in [0.2, 0.25) is 0 Å². The zero-order valence-electron chi connectivity index (χ0n) is 15.3. The maximum Gasteiger partial charge on any atom is 0.387 e. The van der Waals surface area contributed by atoms with E-state index in [1.807, 2.05) is 6.92 Å². The van der Waals surface area contributed by atoms with Crippen molar-refractivity contribution in [1.82, 2.24) is 20.2 Å². The van der Waals surface area contributed by atoms with Gasteiger partial charge in [-0.1, -0.05) is 0 Å². The fourth-order valence-corrected chi connectivity index (χ4v) is 2.34. The summed E-state index contributed by atoms with van der Waals surface area (Å²) >= 11 is 0. The van der Waals surface area contributed by atoms with Crippen LogP contribution in [0.15, 0.2) is 35.6 Å². The van der Waals surface area contributed by atoms with E-state index in [2.05, 4.69) is 25.3 Å². The molecule has 28 heavy (non-hydrogen) atoms. The molecule has 0 fully saturated rings. The SMILES string of the molecule is CCNC(=NCc1cc(OC)ccc1OC(F)F)NCc1nccn1C(F)F. The van der Waals surface area contributed by atoms with Gasteiger partial charge in [0.05, 0.1) is 20.2 Å². The average molecular weight is 403 g/mol. The standard InChI is InChI=1S/C17H21F4N5O2/c1-3-22-17(25-10-14-23-6-7-26(14)15(18)19)24-9-11-8-12(27-2)4-5-13(11)28-16(20)21/h4-8,15-16H,3,9-10H2,1-2H3,(H2,22,24,25). The topological polar surface area (TPSA) is 72.7 Å². The van der Waals surface area contributed by atoms with Gasteiger partial charge in [0, 0.05) is 24.5 Å². The van der Waals surface area contributed by atoms with E-state index in [0.717, 1.165) is 4.57 Å². The van der Waals surface area contributed by atoms with Gasteiger partial charge >= 0.3 is 13.2 Å². The number of alkyl halides is 4. The third-order valence-corrected chi connectivity index (χ3v) is 3.61. The van der Waals surface area contributed by atoms with Crippen molar-refractivity contribution in [2.24, 2.45) is 4.99 Å². The molecule has 0 saturated heterocycles. The number of nitrogens with one attached hydrogen (secondary N) is 2. The molecule has 0 amide bonds. The average Bonchev–Trinajstić information content (AvgIpc) is 3.13. The lowest BCUT2D eigenvalue weighted by atomic mass is 10.2.